The van der Waals surface area contributed by atoms with Crippen molar-refractivity contribution in [2.24, 2.45) is 11.8 Å². The van der Waals surface area contributed by atoms with Gasteiger partial charge in [0.2, 0.25) is 5.91 Å². The van der Waals surface area contributed by atoms with E-state index in [1.165, 1.54) is 29.3 Å². The lowest BCUT2D eigenvalue weighted by molar-refractivity contribution is -0.147. The lowest BCUT2D eigenvalue weighted by atomic mass is 9.97. The van der Waals surface area contributed by atoms with Gasteiger partial charge in [-0.3, -0.25) is 14.4 Å². The minimum absolute atomic E-state index is 0.0257. The van der Waals surface area contributed by atoms with E-state index < -0.39 is 36.0 Å². The van der Waals surface area contributed by atoms with Gasteiger partial charge in [0.25, 0.3) is 0 Å². The van der Waals surface area contributed by atoms with Crippen LogP contribution >= 0.6 is 0 Å². The number of Topliss-reactive ketones (excluding diaryl/α,β-unsaturated/α-hetero) is 1. The Morgan fingerprint density at radius 3 is 2.54 bits per heavy atom. The van der Waals surface area contributed by atoms with Crippen molar-refractivity contribution >= 4 is 29.2 Å². The molecular formula is C25H28F3N3O4. The van der Waals surface area contributed by atoms with E-state index in [9.17, 15) is 27.6 Å². The number of pyridine rings is 1. The van der Waals surface area contributed by atoms with E-state index in [0.717, 1.165) is 6.07 Å². The second kappa shape index (κ2) is 11.3. The van der Waals surface area contributed by atoms with Gasteiger partial charge in [-0.05, 0) is 55.2 Å². The molecule has 7 nitrogen and oxygen atoms in total. The Balaban J connectivity index is 1.55. The highest BCUT2D eigenvalue weighted by atomic mass is 19.4. The van der Waals surface area contributed by atoms with Crippen molar-refractivity contribution in [2.75, 3.05) is 29.9 Å². The molecule has 1 unspecified atom stereocenters. The SMILES string of the molecule is CC(C)CC(=O)Nc1ccc(C(=O)COC(=O)C2CCCN(c3ncccc3C(F)(F)F)C2)cc1. The molecule has 35 heavy (non-hydrogen) atoms. The summed E-state index contributed by atoms with van der Waals surface area (Å²) in [7, 11) is 0. The van der Waals surface area contributed by atoms with E-state index in [-0.39, 0.29) is 24.2 Å². The first-order chi connectivity index (χ1) is 16.5. The van der Waals surface area contributed by atoms with Crippen molar-refractivity contribution in [1.29, 1.82) is 0 Å². The Bertz CT molecular complexity index is 1050. The highest BCUT2D eigenvalue weighted by Gasteiger charge is 2.37. The number of halogens is 3. The summed E-state index contributed by atoms with van der Waals surface area (Å²) in [5.74, 6) is -1.84. The summed E-state index contributed by atoms with van der Waals surface area (Å²) in [4.78, 5) is 42.2. The number of piperidine rings is 1. The number of ether oxygens (including phenoxy) is 1. The van der Waals surface area contributed by atoms with Crippen LogP contribution in [0, 0.1) is 11.8 Å². The number of nitrogens with zero attached hydrogens (tertiary/aromatic N) is 2. The third-order valence-electron chi connectivity index (χ3n) is 5.58. The van der Waals surface area contributed by atoms with Crippen LogP contribution in [0.3, 0.4) is 0 Å². The molecule has 1 N–H and O–H groups in total. The van der Waals surface area contributed by atoms with Gasteiger partial charge in [0.1, 0.15) is 5.82 Å². The molecule has 10 heteroatoms. The summed E-state index contributed by atoms with van der Waals surface area (Å²) in [5, 5.41) is 2.75. The Morgan fingerprint density at radius 1 is 1.17 bits per heavy atom. The molecule has 1 amide bonds. The maximum Gasteiger partial charge on any atom is 0.419 e. The normalized spacial score (nSPS) is 16.2. The van der Waals surface area contributed by atoms with Gasteiger partial charge in [0, 0.05) is 37.0 Å². The van der Waals surface area contributed by atoms with E-state index in [1.54, 1.807) is 12.1 Å². The molecule has 0 saturated carbocycles. The summed E-state index contributed by atoms with van der Waals surface area (Å²) in [5.41, 5.74) is 0.0144. The number of anilines is 2. The van der Waals surface area contributed by atoms with Crippen LogP contribution in [0.4, 0.5) is 24.7 Å². The molecule has 0 aliphatic carbocycles. The van der Waals surface area contributed by atoms with Gasteiger partial charge in [-0.1, -0.05) is 13.8 Å². The third kappa shape index (κ3) is 7.27. The quantitative estimate of drug-likeness (QED) is 0.424. The van der Waals surface area contributed by atoms with Crippen molar-refractivity contribution in [3.8, 4) is 0 Å². The van der Waals surface area contributed by atoms with Crippen LogP contribution in [0.5, 0.6) is 0 Å². The summed E-state index contributed by atoms with van der Waals surface area (Å²) in [6, 6.07) is 8.44. The number of benzene rings is 1. The highest BCUT2D eigenvalue weighted by Crippen LogP contribution is 2.36. The molecule has 2 aromatic rings. The van der Waals surface area contributed by atoms with E-state index in [4.69, 9.17) is 4.74 Å². The zero-order valence-corrected chi connectivity index (χ0v) is 19.6. The molecule has 3 rings (SSSR count). The van der Waals surface area contributed by atoms with E-state index >= 15 is 0 Å². The third-order valence-corrected chi connectivity index (χ3v) is 5.58. The van der Waals surface area contributed by atoms with Gasteiger partial charge in [-0.2, -0.15) is 13.2 Å². The molecular weight excluding hydrogens is 463 g/mol. The van der Waals surface area contributed by atoms with Crippen LogP contribution in [0.1, 0.15) is 49.0 Å². The fraction of sp³-hybridized carbons (Fsp3) is 0.440. The molecule has 0 bridgehead atoms. The number of amides is 1. The molecule has 0 radical (unpaired) electrons. The predicted octanol–water partition coefficient (Wildman–Crippen LogP) is 4.73. The lowest BCUT2D eigenvalue weighted by Gasteiger charge is -2.33. The smallest absolute Gasteiger partial charge is 0.419 e. The number of rotatable bonds is 8. The van der Waals surface area contributed by atoms with Crippen LogP contribution in [-0.4, -0.2) is 42.3 Å². The van der Waals surface area contributed by atoms with Crippen LogP contribution in [-0.2, 0) is 20.5 Å². The van der Waals surface area contributed by atoms with E-state index in [1.807, 2.05) is 13.8 Å². The molecule has 1 aliphatic heterocycles. The van der Waals surface area contributed by atoms with E-state index in [2.05, 4.69) is 10.3 Å². The summed E-state index contributed by atoms with van der Waals surface area (Å²) in [6.45, 7) is 3.75. The number of esters is 1. The zero-order chi connectivity index (χ0) is 25.6. The number of carbonyl (C=O) groups excluding carboxylic acids is 3. The summed E-state index contributed by atoms with van der Waals surface area (Å²) >= 11 is 0. The van der Waals surface area contributed by atoms with Crippen LogP contribution in [0.25, 0.3) is 0 Å². The molecule has 2 heterocycles. The monoisotopic (exact) mass is 491 g/mol. The fourth-order valence-electron chi connectivity index (χ4n) is 3.89. The number of carbonyl (C=O) groups is 3. The zero-order valence-electron chi connectivity index (χ0n) is 19.6. The lowest BCUT2D eigenvalue weighted by Crippen LogP contribution is -2.41. The van der Waals surface area contributed by atoms with Crippen molar-refractivity contribution in [2.45, 2.75) is 39.3 Å². The molecule has 1 fully saturated rings. The Morgan fingerprint density at radius 2 is 1.89 bits per heavy atom. The van der Waals surface area contributed by atoms with Crippen molar-refractivity contribution < 1.29 is 32.3 Å². The van der Waals surface area contributed by atoms with Crippen LogP contribution < -0.4 is 10.2 Å². The van der Waals surface area contributed by atoms with Crippen LogP contribution in [0.2, 0.25) is 0 Å². The standard InChI is InChI=1S/C25H28F3N3O4/c1-16(2)13-22(33)30-19-9-7-17(8-10-19)21(32)15-35-24(34)18-5-4-12-31(14-18)23-20(25(26,27)28)6-3-11-29-23/h3,6-11,16,18H,4-5,12-15H2,1-2H3,(H,30,33). The Kier molecular flexibility index (Phi) is 8.48. The number of nitrogens with one attached hydrogen (secondary N) is 1. The summed E-state index contributed by atoms with van der Waals surface area (Å²) in [6.07, 6.45) is -1.95. The van der Waals surface area contributed by atoms with Gasteiger partial charge >= 0.3 is 12.1 Å². The van der Waals surface area contributed by atoms with E-state index in [0.29, 0.717) is 37.1 Å². The number of ketones is 1. The molecule has 188 valence electrons. The molecule has 1 aromatic carbocycles. The second-order valence-corrected chi connectivity index (χ2v) is 8.91. The van der Waals surface area contributed by atoms with Gasteiger partial charge in [-0.25, -0.2) is 4.98 Å². The average Bonchev–Trinajstić information content (AvgIpc) is 2.81. The first-order valence-corrected chi connectivity index (χ1v) is 11.4. The molecule has 1 aliphatic rings. The van der Waals surface area contributed by atoms with Crippen molar-refractivity contribution in [3.63, 3.8) is 0 Å². The largest absolute Gasteiger partial charge is 0.457 e. The molecule has 1 saturated heterocycles. The van der Waals surface area contributed by atoms with Crippen LogP contribution in [0.15, 0.2) is 42.6 Å². The summed E-state index contributed by atoms with van der Waals surface area (Å²) < 4.78 is 45.2. The first-order valence-electron chi connectivity index (χ1n) is 11.4. The number of hydrogen-bond donors (Lipinski definition) is 1. The Labute approximate surface area is 201 Å². The topological polar surface area (TPSA) is 88.6 Å². The minimum atomic E-state index is -4.56. The van der Waals surface area contributed by atoms with Crippen molar-refractivity contribution in [3.05, 3.63) is 53.7 Å². The Hall–Kier alpha value is -3.43. The maximum atomic E-state index is 13.4. The predicted molar refractivity (Wildman–Crippen MR) is 124 cm³/mol. The van der Waals surface area contributed by atoms with Gasteiger partial charge < -0.3 is 15.0 Å². The second-order valence-electron chi connectivity index (χ2n) is 8.91. The minimum Gasteiger partial charge on any atom is -0.457 e. The molecule has 1 aromatic heterocycles. The number of hydrogen-bond acceptors (Lipinski definition) is 6. The van der Waals surface area contributed by atoms with Gasteiger partial charge in [-0.15, -0.1) is 0 Å². The van der Waals surface area contributed by atoms with Gasteiger partial charge in [0.15, 0.2) is 12.4 Å². The average molecular weight is 492 g/mol. The molecule has 1 atom stereocenters. The molecule has 0 spiro atoms. The highest BCUT2D eigenvalue weighted by molar-refractivity contribution is 5.99. The maximum absolute atomic E-state index is 13.4. The van der Waals surface area contributed by atoms with Crippen molar-refractivity contribution in [1.82, 2.24) is 4.98 Å². The number of aromatic nitrogens is 1. The number of alkyl halides is 3. The first kappa shape index (κ1) is 26.2. The fourth-order valence-corrected chi connectivity index (χ4v) is 3.89. The van der Waals surface area contributed by atoms with Gasteiger partial charge in [0.05, 0.1) is 11.5 Å².